The molecule has 32 heavy (non-hydrogen) atoms. The highest BCUT2D eigenvalue weighted by atomic mass is 16.5. The summed E-state index contributed by atoms with van der Waals surface area (Å²) in [5.41, 5.74) is 7.25. The first-order valence-corrected chi connectivity index (χ1v) is 9.83. The second-order valence-corrected chi connectivity index (χ2v) is 7.83. The van der Waals surface area contributed by atoms with Crippen LogP contribution in [0.15, 0.2) is 48.7 Å². The molecule has 4 rings (SSSR count). The Labute approximate surface area is 183 Å². The molecule has 0 fully saturated rings. The number of hydrogen-bond donors (Lipinski definition) is 3. The van der Waals surface area contributed by atoms with Crippen molar-refractivity contribution >= 4 is 22.8 Å². The number of ether oxygens (including phenoxy) is 1. The summed E-state index contributed by atoms with van der Waals surface area (Å²) < 4.78 is 7.98. The largest absolute Gasteiger partial charge is 0.600 e. The maximum absolute atomic E-state index is 11.9. The summed E-state index contributed by atoms with van der Waals surface area (Å²) in [7, 11) is 1.56. The minimum atomic E-state index is -1.34. The van der Waals surface area contributed by atoms with Gasteiger partial charge in [-0.25, -0.2) is 9.67 Å². The van der Waals surface area contributed by atoms with Crippen molar-refractivity contribution < 1.29 is 24.3 Å². The van der Waals surface area contributed by atoms with E-state index in [2.05, 4.69) is 15.3 Å². The van der Waals surface area contributed by atoms with E-state index in [-0.39, 0.29) is 12.2 Å². The van der Waals surface area contributed by atoms with Gasteiger partial charge < -0.3 is 20.7 Å². The van der Waals surface area contributed by atoms with Crippen molar-refractivity contribution in [3.63, 3.8) is 0 Å². The number of carboxylic acid groups (broad SMARTS) is 1. The van der Waals surface area contributed by atoms with E-state index < -0.39 is 11.7 Å². The molecule has 0 amide bonds. The van der Waals surface area contributed by atoms with Crippen LogP contribution in [0.3, 0.4) is 0 Å². The van der Waals surface area contributed by atoms with Crippen LogP contribution in [0.2, 0.25) is 0 Å². The standard InChI is InChI=1S/C22H22N6O4/c1-22(2,31)18-9-4-6-13(28(18)21(29)30)11-27-12-16(25-26-27)15-10-19(23)24-20-14(15)7-5-8-17(20)32-3/h4-10,12,31H,11H2,1-3H3,(H2-,23,24,29,30)/p+1. The zero-order valence-corrected chi connectivity index (χ0v) is 17.9. The smallest absolute Gasteiger partial charge is 0.494 e. The molecule has 4 N–H and O–H groups in total. The molecule has 3 heterocycles. The number of aliphatic hydroxyl groups is 1. The fourth-order valence-corrected chi connectivity index (χ4v) is 3.66. The second kappa shape index (κ2) is 7.89. The normalized spacial score (nSPS) is 11.6. The van der Waals surface area contributed by atoms with E-state index in [4.69, 9.17) is 10.5 Å². The number of para-hydroxylation sites is 1. The van der Waals surface area contributed by atoms with E-state index in [1.807, 2.05) is 12.1 Å². The molecule has 0 saturated heterocycles. The number of anilines is 1. The summed E-state index contributed by atoms with van der Waals surface area (Å²) in [5, 5.41) is 29.4. The van der Waals surface area contributed by atoms with Gasteiger partial charge in [-0.2, -0.15) is 4.79 Å². The van der Waals surface area contributed by atoms with Gasteiger partial charge in [0.15, 0.2) is 0 Å². The van der Waals surface area contributed by atoms with Crippen LogP contribution < -0.4 is 15.0 Å². The van der Waals surface area contributed by atoms with Gasteiger partial charge in [0.05, 0.1) is 13.3 Å². The molecule has 10 heteroatoms. The van der Waals surface area contributed by atoms with Crippen LogP contribution >= 0.6 is 0 Å². The molecule has 3 aromatic heterocycles. The summed E-state index contributed by atoms with van der Waals surface area (Å²) in [6, 6.07) is 12.2. The Morgan fingerprint density at radius 1 is 1.25 bits per heavy atom. The van der Waals surface area contributed by atoms with Crippen LogP contribution in [0, 0.1) is 0 Å². The maximum Gasteiger partial charge on any atom is 0.600 e. The number of fused-ring (bicyclic) bond motifs is 1. The van der Waals surface area contributed by atoms with Gasteiger partial charge in [0, 0.05) is 23.1 Å². The highest BCUT2D eigenvalue weighted by Crippen LogP contribution is 2.32. The van der Waals surface area contributed by atoms with Gasteiger partial charge in [-0.3, -0.25) is 0 Å². The summed E-state index contributed by atoms with van der Waals surface area (Å²) in [4.78, 5) is 16.3. The SMILES string of the molecule is COc1cccc2c(-c3cn(Cc4cccc(C(C)(C)O)[n+]4C(=O)O)nn3)cc(N)nc12. The lowest BCUT2D eigenvalue weighted by Crippen LogP contribution is -2.53. The average Bonchev–Trinajstić information content (AvgIpc) is 3.20. The maximum atomic E-state index is 11.9. The van der Waals surface area contributed by atoms with Crippen molar-refractivity contribution in [1.82, 2.24) is 20.0 Å². The van der Waals surface area contributed by atoms with E-state index in [1.165, 1.54) is 18.5 Å². The monoisotopic (exact) mass is 435 g/mol. The molecule has 0 radical (unpaired) electrons. The van der Waals surface area contributed by atoms with Gasteiger partial charge in [-0.15, -0.1) is 5.10 Å². The first kappa shape index (κ1) is 21.2. The Morgan fingerprint density at radius 3 is 2.69 bits per heavy atom. The van der Waals surface area contributed by atoms with Crippen LogP contribution in [0.25, 0.3) is 22.2 Å². The van der Waals surface area contributed by atoms with Crippen molar-refractivity contribution in [2.24, 2.45) is 0 Å². The fourth-order valence-electron chi connectivity index (χ4n) is 3.66. The molecule has 0 unspecified atom stereocenters. The van der Waals surface area contributed by atoms with Gasteiger partial charge in [0.25, 0.3) is 0 Å². The van der Waals surface area contributed by atoms with Gasteiger partial charge >= 0.3 is 6.09 Å². The van der Waals surface area contributed by atoms with E-state index in [1.54, 1.807) is 43.6 Å². The zero-order valence-electron chi connectivity index (χ0n) is 17.9. The van der Waals surface area contributed by atoms with E-state index >= 15 is 0 Å². The predicted octanol–water partition coefficient (Wildman–Crippen LogP) is 2.17. The predicted molar refractivity (Wildman–Crippen MR) is 116 cm³/mol. The van der Waals surface area contributed by atoms with E-state index in [9.17, 15) is 15.0 Å². The van der Waals surface area contributed by atoms with Crippen LogP contribution in [0.5, 0.6) is 5.75 Å². The molecule has 0 saturated carbocycles. The van der Waals surface area contributed by atoms with Crippen LogP contribution in [-0.4, -0.2) is 43.4 Å². The van der Waals surface area contributed by atoms with Crippen LogP contribution in [0.4, 0.5) is 10.6 Å². The third-order valence-corrected chi connectivity index (χ3v) is 5.07. The van der Waals surface area contributed by atoms with E-state index in [0.717, 1.165) is 15.5 Å². The van der Waals surface area contributed by atoms with Gasteiger partial charge in [-0.1, -0.05) is 21.9 Å². The summed E-state index contributed by atoms with van der Waals surface area (Å²) >= 11 is 0. The number of nitrogens with two attached hydrogens (primary N) is 1. The molecule has 164 valence electrons. The number of methoxy groups -OCH3 is 1. The average molecular weight is 435 g/mol. The summed E-state index contributed by atoms with van der Waals surface area (Å²) in [6.45, 7) is 3.20. The molecule has 10 nitrogen and oxygen atoms in total. The quantitative estimate of drug-likeness (QED) is 0.405. The number of nitrogen functional groups attached to an aromatic ring is 1. The Kier molecular flexibility index (Phi) is 5.23. The lowest BCUT2D eigenvalue weighted by atomic mass is 10.0. The molecule has 0 atom stereocenters. The third kappa shape index (κ3) is 3.83. The van der Waals surface area contributed by atoms with Crippen molar-refractivity contribution in [3.8, 4) is 17.0 Å². The Morgan fingerprint density at radius 2 is 2.00 bits per heavy atom. The van der Waals surface area contributed by atoms with Gasteiger partial charge in [-0.05, 0) is 32.0 Å². The number of rotatable bonds is 5. The number of hydrogen-bond acceptors (Lipinski definition) is 7. The fraction of sp³-hybridized carbons (Fsp3) is 0.227. The van der Waals surface area contributed by atoms with Crippen molar-refractivity contribution in [3.05, 3.63) is 60.0 Å². The highest BCUT2D eigenvalue weighted by molar-refractivity contribution is 5.97. The Hall–Kier alpha value is -4.05. The number of benzene rings is 1. The lowest BCUT2D eigenvalue weighted by molar-refractivity contribution is -0.609. The Balaban J connectivity index is 1.77. The molecule has 0 aliphatic rings. The molecule has 0 spiro atoms. The molecule has 0 aliphatic heterocycles. The molecule has 1 aromatic carbocycles. The van der Waals surface area contributed by atoms with Gasteiger partial charge in [0.2, 0.25) is 11.4 Å². The zero-order chi connectivity index (χ0) is 23.0. The number of carbonyl (C=O) groups is 1. The topological polar surface area (TPSA) is 140 Å². The lowest BCUT2D eigenvalue weighted by Gasteiger charge is -2.15. The Bertz CT molecular complexity index is 1330. The third-order valence-electron chi connectivity index (χ3n) is 5.07. The highest BCUT2D eigenvalue weighted by Gasteiger charge is 2.34. The number of pyridine rings is 2. The summed E-state index contributed by atoms with van der Waals surface area (Å²) in [5.74, 6) is 0.905. The van der Waals surface area contributed by atoms with Crippen molar-refractivity contribution in [1.29, 1.82) is 0 Å². The molecular weight excluding hydrogens is 412 g/mol. The van der Waals surface area contributed by atoms with Crippen molar-refractivity contribution in [2.75, 3.05) is 12.8 Å². The minimum absolute atomic E-state index is 0.130. The van der Waals surface area contributed by atoms with Gasteiger partial charge in [0.1, 0.15) is 34.9 Å². The van der Waals surface area contributed by atoms with Crippen LogP contribution in [-0.2, 0) is 12.1 Å². The first-order valence-electron chi connectivity index (χ1n) is 9.83. The van der Waals surface area contributed by atoms with E-state index in [0.29, 0.717) is 28.5 Å². The minimum Gasteiger partial charge on any atom is -0.494 e. The first-order chi connectivity index (χ1) is 15.2. The second-order valence-electron chi connectivity index (χ2n) is 7.83. The molecule has 4 aromatic rings. The molecule has 0 bridgehead atoms. The van der Waals surface area contributed by atoms with Crippen LogP contribution in [0.1, 0.15) is 25.2 Å². The molecular formula is C22H23N6O4+. The number of aromatic nitrogens is 5. The molecule has 0 aliphatic carbocycles. The van der Waals surface area contributed by atoms with Crippen molar-refractivity contribution in [2.45, 2.75) is 26.0 Å². The number of nitrogens with zero attached hydrogens (tertiary/aromatic N) is 5. The summed E-state index contributed by atoms with van der Waals surface area (Å²) in [6.07, 6.45) is 0.509.